The van der Waals surface area contributed by atoms with Gasteiger partial charge in [-0.05, 0) is 69.9 Å². The number of pyridine rings is 1. The van der Waals surface area contributed by atoms with E-state index in [1.165, 1.54) is 0 Å². The summed E-state index contributed by atoms with van der Waals surface area (Å²) in [5.41, 5.74) is 1.08. The average Bonchev–Trinajstić information content (AvgIpc) is 2.79. The van der Waals surface area contributed by atoms with Crippen molar-refractivity contribution in [3.63, 3.8) is 0 Å². The first-order valence-electron chi connectivity index (χ1n) is 11.6. The van der Waals surface area contributed by atoms with Gasteiger partial charge in [0.15, 0.2) is 5.82 Å². The third kappa shape index (κ3) is 5.28. The Labute approximate surface area is 205 Å². The molecule has 2 unspecified atom stereocenters. The number of hydrogen-bond acceptors (Lipinski definition) is 4. The van der Waals surface area contributed by atoms with E-state index in [0.29, 0.717) is 41.6 Å². The maximum absolute atomic E-state index is 13.4. The maximum Gasteiger partial charge on any atom is 0.255 e. The van der Waals surface area contributed by atoms with Gasteiger partial charge in [-0.3, -0.25) is 9.59 Å². The Kier molecular flexibility index (Phi) is 7.45. The molecule has 2 aliphatic rings. The van der Waals surface area contributed by atoms with Crippen molar-refractivity contribution < 1.29 is 9.59 Å². The van der Waals surface area contributed by atoms with Crippen LogP contribution in [0.3, 0.4) is 0 Å². The van der Waals surface area contributed by atoms with E-state index in [9.17, 15) is 9.59 Å². The Balaban J connectivity index is 1.46. The van der Waals surface area contributed by atoms with Crippen molar-refractivity contribution in [3.8, 4) is 0 Å². The summed E-state index contributed by atoms with van der Waals surface area (Å²) < 4.78 is 0. The summed E-state index contributed by atoms with van der Waals surface area (Å²) in [5, 5.41) is 3.12. The molecule has 0 spiro atoms. The predicted molar refractivity (Wildman–Crippen MR) is 133 cm³/mol. The number of carbonyl (C=O) groups excluding carboxylic acids is 2. The summed E-state index contributed by atoms with van der Waals surface area (Å²) in [6, 6.07) is 10.9. The topological polar surface area (TPSA) is 65.5 Å². The van der Waals surface area contributed by atoms with Crippen LogP contribution in [0.2, 0.25) is 5.02 Å². The molecule has 2 aliphatic heterocycles. The normalized spacial score (nSPS) is 25.6. The second-order valence-electron chi connectivity index (χ2n) is 9.07. The van der Waals surface area contributed by atoms with Gasteiger partial charge in [0, 0.05) is 42.0 Å². The molecule has 2 saturated heterocycles. The van der Waals surface area contributed by atoms with Crippen LogP contribution in [0.25, 0.3) is 0 Å². The monoisotopic (exact) mass is 488 g/mol. The van der Waals surface area contributed by atoms with E-state index in [1.54, 1.807) is 36.5 Å². The van der Waals surface area contributed by atoms with Gasteiger partial charge in [-0.1, -0.05) is 17.7 Å². The molecule has 6 nitrogen and oxygen atoms in total. The van der Waals surface area contributed by atoms with Gasteiger partial charge in [0.25, 0.3) is 5.91 Å². The van der Waals surface area contributed by atoms with Crippen molar-refractivity contribution >= 4 is 46.5 Å². The second kappa shape index (κ2) is 10.3. The van der Waals surface area contributed by atoms with Crippen LogP contribution in [0.5, 0.6) is 0 Å². The molecule has 0 radical (unpaired) electrons. The van der Waals surface area contributed by atoms with Gasteiger partial charge in [0.05, 0.1) is 17.0 Å². The zero-order chi connectivity index (χ0) is 23.5. The Morgan fingerprint density at radius 1 is 1.09 bits per heavy atom. The van der Waals surface area contributed by atoms with Gasteiger partial charge in [0.2, 0.25) is 5.91 Å². The first kappa shape index (κ1) is 23.8. The van der Waals surface area contributed by atoms with E-state index in [-0.39, 0.29) is 35.2 Å². The summed E-state index contributed by atoms with van der Waals surface area (Å²) in [5.74, 6) is 0.362. The summed E-state index contributed by atoms with van der Waals surface area (Å²) in [6.07, 6.45) is 5.61. The minimum absolute atomic E-state index is 0.171. The Morgan fingerprint density at radius 2 is 1.85 bits per heavy atom. The van der Waals surface area contributed by atoms with E-state index in [0.717, 1.165) is 19.3 Å². The third-order valence-electron chi connectivity index (χ3n) is 6.73. The number of piperidine rings is 2. The van der Waals surface area contributed by atoms with Crippen molar-refractivity contribution in [1.82, 2.24) is 9.88 Å². The minimum Gasteiger partial charge on any atom is -0.353 e. The number of alkyl halides is 1. The molecule has 1 aromatic carbocycles. The highest BCUT2D eigenvalue weighted by Crippen LogP contribution is 2.33. The zero-order valence-electron chi connectivity index (χ0n) is 19.0. The Hall–Kier alpha value is -2.31. The molecule has 4 atom stereocenters. The number of rotatable bonds is 4. The maximum atomic E-state index is 13.4. The molecule has 176 valence electrons. The van der Waals surface area contributed by atoms with Crippen LogP contribution in [0.1, 0.15) is 49.9 Å². The van der Waals surface area contributed by atoms with Gasteiger partial charge >= 0.3 is 0 Å². The fourth-order valence-electron chi connectivity index (χ4n) is 4.99. The smallest absolute Gasteiger partial charge is 0.255 e. The fourth-order valence-corrected chi connectivity index (χ4v) is 5.58. The molecule has 4 rings (SSSR count). The summed E-state index contributed by atoms with van der Waals surface area (Å²) >= 11 is 12.8. The number of aromatic nitrogens is 1. The zero-order valence-corrected chi connectivity index (χ0v) is 20.5. The largest absolute Gasteiger partial charge is 0.353 e. The molecule has 2 aromatic rings. The number of amides is 2. The summed E-state index contributed by atoms with van der Waals surface area (Å²) in [7, 11) is 0. The number of carbonyl (C=O) groups is 2. The van der Waals surface area contributed by atoms with Crippen molar-refractivity contribution in [1.29, 1.82) is 0 Å². The minimum atomic E-state index is -0.328. The molecule has 0 bridgehead atoms. The van der Waals surface area contributed by atoms with Crippen LogP contribution in [0.4, 0.5) is 11.5 Å². The quantitative estimate of drug-likeness (QED) is 0.599. The van der Waals surface area contributed by atoms with Crippen molar-refractivity contribution in [3.05, 3.63) is 53.2 Å². The van der Waals surface area contributed by atoms with Gasteiger partial charge < -0.3 is 15.1 Å². The Bertz CT molecular complexity index is 1010. The van der Waals surface area contributed by atoms with Crippen LogP contribution < -0.4 is 10.2 Å². The SMILES string of the molecule is C[C@@H]1CCC[C@H](C)N1C(=O)C1CCN(c2ncccc2NC(=O)c2cccc(Cl)c2)CC1Cl. The lowest BCUT2D eigenvalue weighted by molar-refractivity contribution is -0.142. The van der Waals surface area contributed by atoms with Crippen LogP contribution in [0.15, 0.2) is 42.6 Å². The second-order valence-corrected chi connectivity index (χ2v) is 10.1. The lowest BCUT2D eigenvalue weighted by Gasteiger charge is -2.44. The first-order chi connectivity index (χ1) is 15.8. The van der Waals surface area contributed by atoms with E-state index in [1.807, 2.05) is 6.07 Å². The third-order valence-corrected chi connectivity index (χ3v) is 7.41. The van der Waals surface area contributed by atoms with Crippen LogP contribution in [-0.4, -0.2) is 52.2 Å². The molecule has 2 amide bonds. The predicted octanol–water partition coefficient (Wildman–Crippen LogP) is 5.21. The van der Waals surface area contributed by atoms with E-state index >= 15 is 0 Å². The summed E-state index contributed by atoms with van der Waals surface area (Å²) in [4.78, 5) is 34.7. The fraction of sp³-hybridized carbons (Fsp3) is 0.480. The lowest BCUT2D eigenvalue weighted by atomic mass is 9.90. The molecular weight excluding hydrogens is 459 g/mol. The molecule has 3 heterocycles. The Morgan fingerprint density at radius 3 is 2.55 bits per heavy atom. The highest BCUT2D eigenvalue weighted by Gasteiger charge is 2.39. The van der Waals surface area contributed by atoms with Crippen molar-refractivity contribution in [2.24, 2.45) is 5.92 Å². The number of nitrogens with zero attached hydrogens (tertiary/aromatic N) is 3. The average molecular weight is 489 g/mol. The van der Waals surface area contributed by atoms with Gasteiger partial charge in [-0.15, -0.1) is 11.6 Å². The molecule has 33 heavy (non-hydrogen) atoms. The number of likely N-dealkylation sites (tertiary alicyclic amines) is 1. The lowest BCUT2D eigenvalue weighted by Crippen LogP contribution is -2.54. The standard InChI is InChI=1S/C25H30Cl2N4O2/c1-16-6-3-7-17(2)31(16)25(33)20-11-13-30(15-21(20)27)23-22(10-5-12-28-23)29-24(32)18-8-4-9-19(26)14-18/h4-5,8-10,12,14,16-17,20-21H,3,6-7,11,13,15H2,1-2H3,(H,29,32)/t16-,17+,20?,21?. The summed E-state index contributed by atoms with van der Waals surface area (Å²) in [6.45, 7) is 5.41. The van der Waals surface area contributed by atoms with Gasteiger partial charge in [0.1, 0.15) is 0 Å². The number of halogens is 2. The van der Waals surface area contributed by atoms with Crippen molar-refractivity contribution in [2.75, 3.05) is 23.3 Å². The van der Waals surface area contributed by atoms with E-state index < -0.39 is 0 Å². The van der Waals surface area contributed by atoms with Gasteiger partial charge in [-0.2, -0.15) is 0 Å². The highest BCUT2D eigenvalue weighted by atomic mass is 35.5. The van der Waals surface area contributed by atoms with Crippen molar-refractivity contribution in [2.45, 2.75) is 57.0 Å². The van der Waals surface area contributed by atoms with E-state index in [4.69, 9.17) is 23.2 Å². The molecular formula is C25H30Cl2N4O2. The van der Waals surface area contributed by atoms with Crippen LogP contribution in [0, 0.1) is 5.92 Å². The molecule has 2 fully saturated rings. The first-order valence-corrected chi connectivity index (χ1v) is 12.4. The number of anilines is 2. The van der Waals surface area contributed by atoms with E-state index in [2.05, 4.69) is 33.9 Å². The molecule has 0 aliphatic carbocycles. The molecule has 1 aromatic heterocycles. The van der Waals surface area contributed by atoms with Crippen LogP contribution >= 0.6 is 23.2 Å². The molecule has 1 N–H and O–H groups in total. The number of hydrogen-bond donors (Lipinski definition) is 1. The number of nitrogens with one attached hydrogen (secondary N) is 1. The molecule has 8 heteroatoms. The number of benzene rings is 1. The van der Waals surface area contributed by atoms with Gasteiger partial charge in [-0.25, -0.2) is 4.98 Å². The van der Waals surface area contributed by atoms with Crippen LogP contribution in [-0.2, 0) is 4.79 Å². The highest BCUT2D eigenvalue weighted by molar-refractivity contribution is 6.31. The molecule has 0 saturated carbocycles.